The number of benzene rings is 3. The number of aromatic amines is 1. The van der Waals surface area contributed by atoms with Crippen molar-refractivity contribution in [2.45, 2.75) is 4.90 Å². The third-order valence-electron chi connectivity index (χ3n) is 5.00. The average molecular weight is 457 g/mol. The van der Waals surface area contributed by atoms with Crippen molar-refractivity contribution in [3.8, 4) is 11.3 Å². The Bertz CT molecular complexity index is 1550. The number of H-pyrrole nitrogens is 1. The van der Waals surface area contributed by atoms with Crippen molar-refractivity contribution < 1.29 is 8.42 Å². The number of imidazole rings is 1. The first-order valence-electron chi connectivity index (χ1n) is 10.2. The van der Waals surface area contributed by atoms with Gasteiger partial charge in [-0.25, -0.2) is 18.4 Å². The largest absolute Gasteiger partial charge is 0.355 e. The molecule has 5 rings (SSSR count). The van der Waals surface area contributed by atoms with E-state index in [1.807, 2.05) is 54.6 Å². The molecule has 0 aliphatic heterocycles. The van der Waals surface area contributed by atoms with Crippen LogP contribution in [0.3, 0.4) is 0 Å². The second-order valence-electron chi connectivity index (χ2n) is 7.49. The van der Waals surface area contributed by atoms with Crippen LogP contribution in [0.4, 0.5) is 23.0 Å². The van der Waals surface area contributed by atoms with E-state index < -0.39 is 9.84 Å². The third-order valence-corrected chi connectivity index (χ3v) is 6.11. The van der Waals surface area contributed by atoms with Crippen molar-refractivity contribution in [2.75, 3.05) is 16.9 Å². The second kappa shape index (κ2) is 8.36. The Hall–Kier alpha value is -4.24. The van der Waals surface area contributed by atoms with E-state index in [1.165, 1.54) is 12.6 Å². The fourth-order valence-corrected chi connectivity index (χ4v) is 4.13. The predicted molar refractivity (Wildman–Crippen MR) is 130 cm³/mol. The van der Waals surface area contributed by atoms with Crippen LogP contribution in [-0.2, 0) is 9.84 Å². The minimum atomic E-state index is -3.36. The zero-order valence-corrected chi connectivity index (χ0v) is 18.5. The highest BCUT2D eigenvalue weighted by Crippen LogP contribution is 2.28. The Kier molecular flexibility index (Phi) is 5.23. The Labute approximate surface area is 190 Å². The molecule has 0 atom stereocenters. The number of sulfone groups is 1. The Morgan fingerprint density at radius 1 is 0.788 bits per heavy atom. The van der Waals surface area contributed by atoms with E-state index in [-0.39, 0.29) is 4.90 Å². The van der Waals surface area contributed by atoms with Crippen LogP contribution in [0.2, 0.25) is 0 Å². The van der Waals surface area contributed by atoms with E-state index in [9.17, 15) is 8.42 Å². The number of para-hydroxylation sites is 1. The number of aromatic nitrogens is 4. The monoisotopic (exact) mass is 456 g/mol. The summed E-state index contributed by atoms with van der Waals surface area (Å²) in [7, 11) is -3.36. The molecule has 9 heteroatoms. The second-order valence-corrected chi connectivity index (χ2v) is 9.51. The van der Waals surface area contributed by atoms with Gasteiger partial charge >= 0.3 is 0 Å². The van der Waals surface area contributed by atoms with Gasteiger partial charge in [-0.05, 0) is 42.5 Å². The maximum absolute atomic E-state index is 12.0. The van der Waals surface area contributed by atoms with Crippen LogP contribution < -0.4 is 10.6 Å². The standard InChI is InChI=1S/C24H20N6O2S/c1-33(31,32)20-12-5-7-16(13-20)21-22-23(26-15-25-22)30-24(29-21)28-19-11-6-10-18(14-19)27-17-8-3-2-4-9-17/h2-15,27H,1H3,(H2,25,26,28,29,30). The lowest BCUT2D eigenvalue weighted by Gasteiger charge is -2.11. The predicted octanol–water partition coefficient (Wildman–Crippen LogP) is 4.91. The van der Waals surface area contributed by atoms with Gasteiger partial charge in [0.25, 0.3) is 0 Å². The summed E-state index contributed by atoms with van der Waals surface area (Å²) in [4.78, 5) is 16.7. The van der Waals surface area contributed by atoms with Crippen LogP contribution >= 0.6 is 0 Å². The van der Waals surface area contributed by atoms with Crippen LogP contribution in [0.25, 0.3) is 22.4 Å². The number of nitrogens with zero attached hydrogens (tertiary/aromatic N) is 3. The number of anilines is 4. The van der Waals surface area contributed by atoms with Crippen LogP contribution in [0.1, 0.15) is 0 Å². The van der Waals surface area contributed by atoms with Gasteiger partial charge in [0.2, 0.25) is 5.95 Å². The van der Waals surface area contributed by atoms with Crippen LogP contribution in [0.15, 0.2) is 90.1 Å². The average Bonchev–Trinajstić information content (AvgIpc) is 3.28. The molecule has 0 fully saturated rings. The number of hydrogen-bond donors (Lipinski definition) is 3. The lowest BCUT2D eigenvalue weighted by Crippen LogP contribution is -2.01. The summed E-state index contributed by atoms with van der Waals surface area (Å²) in [5, 5.41) is 6.60. The summed E-state index contributed by atoms with van der Waals surface area (Å²) < 4.78 is 24.1. The molecule has 3 aromatic carbocycles. The van der Waals surface area contributed by atoms with Gasteiger partial charge in [0, 0.05) is 28.9 Å². The van der Waals surface area contributed by atoms with E-state index in [1.54, 1.807) is 24.3 Å². The number of hydrogen-bond acceptors (Lipinski definition) is 7. The van der Waals surface area contributed by atoms with Crippen molar-refractivity contribution in [3.63, 3.8) is 0 Å². The first kappa shape index (κ1) is 20.7. The summed E-state index contributed by atoms with van der Waals surface area (Å²) in [5.41, 5.74) is 4.97. The molecule has 0 aliphatic rings. The van der Waals surface area contributed by atoms with Gasteiger partial charge < -0.3 is 15.6 Å². The molecule has 0 bridgehead atoms. The Morgan fingerprint density at radius 2 is 1.52 bits per heavy atom. The normalized spacial score (nSPS) is 11.4. The van der Waals surface area contributed by atoms with Crippen LogP contribution in [0.5, 0.6) is 0 Å². The van der Waals surface area contributed by atoms with E-state index >= 15 is 0 Å². The maximum Gasteiger partial charge on any atom is 0.229 e. The highest BCUT2D eigenvalue weighted by Gasteiger charge is 2.15. The topological polar surface area (TPSA) is 113 Å². The number of rotatable bonds is 6. The van der Waals surface area contributed by atoms with Crippen LogP contribution in [-0.4, -0.2) is 34.6 Å². The Morgan fingerprint density at radius 3 is 2.30 bits per heavy atom. The van der Waals surface area contributed by atoms with Gasteiger partial charge in [-0.2, -0.15) is 4.98 Å². The lowest BCUT2D eigenvalue weighted by molar-refractivity contribution is 0.602. The summed E-state index contributed by atoms with van der Waals surface area (Å²) in [6.07, 6.45) is 2.72. The molecule has 0 unspecified atom stereocenters. The van der Waals surface area contributed by atoms with Crippen molar-refractivity contribution in [1.82, 2.24) is 19.9 Å². The van der Waals surface area contributed by atoms with E-state index in [2.05, 4.69) is 30.6 Å². The molecule has 2 aromatic heterocycles. The van der Waals surface area contributed by atoms with Crippen molar-refractivity contribution in [3.05, 3.63) is 85.2 Å². The SMILES string of the molecule is CS(=O)(=O)c1cccc(-c2nc(Nc3cccc(Nc4ccccc4)c3)nc3[nH]cnc23)c1. The first-order chi connectivity index (χ1) is 16.0. The van der Waals surface area contributed by atoms with Gasteiger partial charge in [0.15, 0.2) is 15.5 Å². The highest BCUT2D eigenvalue weighted by molar-refractivity contribution is 7.90. The van der Waals surface area contributed by atoms with E-state index in [4.69, 9.17) is 0 Å². The van der Waals surface area contributed by atoms with Crippen molar-refractivity contribution in [2.24, 2.45) is 0 Å². The van der Waals surface area contributed by atoms with Crippen molar-refractivity contribution in [1.29, 1.82) is 0 Å². The van der Waals surface area contributed by atoms with Gasteiger partial charge in [-0.15, -0.1) is 0 Å². The zero-order valence-electron chi connectivity index (χ0n) is 17.6. The van der Waals surface area contributed by atoms with Crippen LogP contribution in [0, 0.1) is 0 Å². The summed E-state index contributed by atoms with van der Waals surface area (Å²) in [6, 6.07) is 24.3. The third kappa shape index (κ3) is 4.53. The molecule has 2 heterocycles. The highest BCUT2D eigenvalue weighted by atomic mass is 32.2. The number of fused-ring (bicyclic) bond motifs is 1. The van der Waals surface area contributed by atoms with E-state index in [0.717, 1.165) is 17.1 Å². The summed E-state index contributed by atoms with van der Waals surface area (Å²) >= 11 is 0. The molecule has 0 amide bonds. The fourth-order valence-electron chi connectivity index (χ4n) is 3.46. The first-order valence-corrected chi connectivity index (χ1v) is 12.1. The fraction of sp³-hybridized carbons (Fsp3) is 0.0417. The molecule has 0 spiro atoms. The molecule has 0 saturated carbocycles. The zero-order chi connectivity index (χ0) is 22.8. The van der Waals surface area contributed by atoms with Gasteiger partial charge in [-0.1, -0.05) is 36.4 Å². The molecule has 33 heavy (non-hydrogen) atoms. The molecule has 0 aliphatic carbocycles. The molecule has 164 valence electrons. The molecule has 3 N–H and O–H groups in total. The summed E-state index contributed by atoms with van der Waals surface area (Å²) in [5.74, 6) is 0.364. The minimum absolute atomic E-state index is 0.219. The molecular weight excluding hydrogens is 436 g/mol. The molecule has 8 nitrogen and oxygen atoms in total. The smallest absolute Gasteiger partial charge is 0.229 e. The molecule has 5 aromatic rings. The van der Waals surface area contributed by atoms with Gasteiger partial charge in [0.05, 0.1) is 11.2 Å². The lowest BCUT2D eigenvalue weighted by atomic mass is 10.1. The number of nitrogens with one attached hydrogen (secondary N) is 3. The van der Waals surface area contributed by atoms with Gasteiger partial charge in [-0.3, -0.25) is 0 Å². The minimum Gasteiger partial charge on any atom is -0.355 e. The van der Waals surface area contributed by atoms with Crippen molar-refractivity contribution >= 4 is 44.0 Å². The molecule has 0 saturated heterocycles. The molecular formula is C24H20N6O2S. The van der Waals surface area contributed by atoms with Gasteiger partial charge in [0.1, 0.15) is 11.2 Å². The summed E-state index contributed by atoms with van der Waals surface area (Å²) in [6.45, 7) is 0. The maximum atomic E-state index is 12.0. The molecule has 0 radical (unpaired) electrons. The van der Waals surface area contributed by atoms with E-state index in [0.29, 0.717) is 28.4 Å². The Balaban J connectivity index is 1.50. The quantitative estimate of drug-likeness (QED) is 0.333.